The Labute approximate surface area is 152 Å². The summed E-state index contributed by atoms with van der Waals surface area (Å²) < 4.78 is 20.6. The average molecular weight is 393 g/mol. The van der Waals surface area contributed by atoms with Crippen molar-refractivity contribution in [2.45, 2.75) is 6.10 Å². The first kappa shape index (κ1) is 17.5. The molecule has 0 aliphatic carbocycles. The van der Waals surface area contributed by atoms with Gasteiger partial charge in [0.1, 0.15) is 16.9 Å². The molecular formula is C15H13Cl3FN3O2. The average Bonchev–Trinajstić information content (AvgIpc) is 2.56. The number of rotatable bonds is 2. The summed E-state index contributed by atoms with van der Waals surface area (Å²) in [5.74, 6) is -0.565. The highest BCUT2D eigenvalue weighted by molar-refractivity contribution is 6.35. The lowest BCUT2D eigenvalue weighted by atomic mass is 10.1. The summed E-state index contributed by atoms with van der Waals surface area (Å²) in [5.41, 5.74) is 0.627. The van der Waals surface area contributed by atoms with Gasteiger partial charge in [-0.25, -0.2) is 9.07 Å². The Morgan fingerprint density at radius 3 is 2.79 bits per heavy atom. The van der Waals surface area contributed by atoms with Crippen molar-refractivity contribution in [2.75, 3.05) is 24.6 Å². The van der Waals surface area contributed by atoms with E-state index >= 15 is 0 Å². The van der Waals surface area contributed by atoms with E-state index in [1.807, 2.05) is 4.90 Å². The normalized spacial score (nSPS) is 18.0. The fraction of sp³-hybridized carbons (Fsp3) is 0.333. The van der Waals surface area contributed by atoms with Gasteiger partial charge in [-0.3, -0.25) is 4.79 Å². The second-order valence-corrected chi connectivity index (χ2v) is 6.56. The van der Waals surface area contributed by atoms with Crippen LogP contribution in [0.5, 0.6) is 0 Å². The zero-order valence-corrected chi connectivity index (χ0v) is 14.9. The Morgan fingerprint density at radius 2 is 2.04 bits per heavy atom. The maximum Gasteiger partial charge on any atom is 0.287 e. The molecule has 0 bridgehead atoms. The third kappa shape index (κ3) is 3.24. The Morgan fingerprint density at radius 1 is 1.29 bits per heavy atom. The van der Waals surface area contributed by atoms with Crippen LogP contribution in [0, 0.1) is 5.82 Å². The van der Waals surface area contributed by atoms with Gasteiger partial charge in [-0.15, -0.1) is 0 Å². The fourth-order valence-electron chi connectivity index (χ4n) is 2.56. The van der Waals surface area contributed by atoms with E-state index in [4.69, 9.17) is 39.5 Å². The molecule has 1 fully saturated rings. The minimum atomic E-state index is -0.565. The molecule has 1 aliphatic rings. The summed E-state index contributed by atoms with van der Waals surface area (Å²) >= 11 is 18.0. The summed E-state index contributed by atoms with van der Waals surface area (Å²) in [4.78, 5) is 13.8. The van der Waals surface area contributed by atoms with Crippen molar-refractivity contribution in [3.63, 3.8) is 0 Å². The van der Waals surface area contributed by atoms with Gasteiger partial charge in [-0.2, -0.15) is 5.10 Å². The smallest absolute Gasteiger partial charge is 0.287 e. The highest BCUT2D eigenvalue weighted by Crippen LogP contribution is 2.34. The number of halogens is 4. The van der Waals surface area contributed by atoms with Gasteiger partial charge < -0.3 is 9.64 Å². The maximum atomic E-state index is 13.8. The van der Waals surface area contributed by atoms with Gasteiger partial charge in [0, 0.05) is 30.7 Å². The van der Waals surface area contributed by atoms with Crippen LogP contribution < -0.4 is 10.5 Å². The number of hydrogen-bond acceptors (Lipinski definition) is 4. The van der Waals surface area contributed by atoms with E-state index in [2.05, 4.69) is 5.10 Å². The molecule has 1 unspecified atom stereocenters. The predicted molar refractivity (Wildman–Crippen MR) is 91.8 cm³/mol. The lowest BCUT2D eigenvalue weighted by Gasteiger charge is -2.35. The van der Waals surface area contributed by atoms with E-state index in [1.165, 1.54) is 25.4 Å². The largest absolute Gasteiger partial charge is 0.370 e. The van der Waals surface area contributed by atoms with Crippen LogP contribution in [0.25, 0.3) is 0 Å². The van der Waals surface area contributed by atoms with E-state index in [1.54, 1.807) is 0 Å². The number of morpholine rings is 1. The summed E-state index contributed by atoms with van der Waals surface area (Å²) in [6.45, 7) is 1.25. The molecule has 1 aromatic heterocycles. The van der Waals surface area contributed by atoms with E-state index in [9.17, 15) is 9.18 Å². The third-order valence-electron chi connectivity index (χ3n) is 3.85. The summed E-state index contributed by atoms with van der Waals surface area (Å²) in [6.07, 6.45) is 1.05. The van der Waals surface area contributed by atoms with Crippen LogP contribution in [0.2, 0.25) is 15.1 Å². The minimum absolute atomic E-state index is 0.0461. The molecule has 1 saturated heterocycles. The molecule has 0 radical (unpaired) electrons. The van der Waals surface area contributed by atoms with Crippen LogP contribution >= 0.6 is 34.8 Å². The molecule has 2 aromatic rings. The van der Waals surface area contributed by atoms with Crippen molar-refractivity contribution >= 4 is 40.5 Å². The zero-order valence-electron chi connectivity index (χ0n) is 12.6. The first-order chi connectivity index (χ1) is 11.4. The van der Waals surface area contributed by atoms with Crippen molar-refractivity contribution in [2.24, 2.45) is 7.05 Å². The zero-order chi connectivity index (χ0) is 17.4. The Hall–Kier alpha value is -1.34. The molecule has 2 heterocycles. The maximum absolute atomic E-state index is 13.8. The molecular weight excluding hydrogens is 380 g/mol. The fourth-order valence-corrected chi connectivity index (χ4v) is 3.36. The highest BCUT2D eigenvalue weighted by atomic mass is 35.5. The van der Waals surface area contributed by atoms with Crippen LogP contribution in [-0.2, 0) is 11.8 Å². The summed E-state index contributed by atoms with van der Waals surface area (Å²) in [7, 11) is 1.52. The molecule has 1 atom stereocenters. The second kappa shape index (κ2) is 6.88. The molecule has 24 heavy (non-hydrogen) atoms. The first-order valence-corrected chi connectivity index (χ1v) is 8.24. The predicted octanol–water partition coefficient (Wildman–Crippen LogP) is 3.46. The van der Waals surface area contributed by atoms with Gasteiger partial charge in [0.15, 0.2) is 0 Å². The van der Waals surface area contributed by atoms with Gasteiger partial charge in [-0.05, 0) is 12.1 Å². The van der Waals surface area contributed by atoms with Crippen LogP contribution in [0.4, 0.5) is 10.1 Å². The van der Waals surface area contributed by atoms with E-state index in [0.717, 1.165) is 4.68 Å². The summed E-state index contributed by atoms with van der Waals surface area (Å²) in [6, 6.07) is 2.62. The molecule has 1 aliphatic heterocycles. The van der Waals surface area contributed by atoms with Gasteiger partial charge in [0.05, 0.1) is 23.5 Å². The molecule has 0 N–H and O–H groups in total. The van der Waals surface area contributed by atoms with Crippen molar-refractivity contribution in [3.8, 4) is 0 Å². The van der Waals surface area contributed by atoms with Gasteiger partial charge in [0.2, 0.25) is 0 Å². The van der Waals surface area contributed by atoms with Gasteiger partial charge in [0.25, 0.3) is 5.56 Å². The molecule has 0 spiro atoms. The van der Waals surface area contributed by atoms with E-state index in [-0.39, 0.29) is 15.6 Å². The quantitative estimate of drug-likeness (QED) is 0.735. The van der Waals surface area contributed by atoms with Crippen LogP contribution in [0.1, 0.15) is 11.7 Å². The number of aryl methyl sites for hydroxylation is 1. The van der Waals surface area contributed by atoms with Crippen LogP contribution in [-0.4, -0.2) is 29.5 Å². The van der Waals surface area contributed by atoms with E-state index in [0.29, 0.717) is 36.0 Å². The number of benzene rings is 1. The van der Waals surface area contributed by atoms with Crippen molar-refractivity contribution in [3.05, 3.63) is 55.1 Å². The number of hydrogen-bond donors (Lipinski definition) is 0. The first-order valence-electron chi connectivity index (χ1n) is 7.11. The Balaban J connectivity index is 1.92. The topological polar surface area (TPSA) is 47.4 Å². The number of anilines is 1. The Bertz CT molecular complexity index is 843. The standard InChI is InChI=1S/C15H13Cl3FN3O2/c1-21-15(23)14(18)12(6-20-21)22-2-3-24-13(7-22)8-4-11(19)10(17)5-9(8)16/h4-6,13H,2-3,7H2,1H3. The molecule has 5 nitrogen and oxygen atoms in total. The highest BCUT2D eigenvalue weighted by Gasteiger charge is 2.27. The van der Waals surface area contributed by atoms with Crippen molar-refractivity contribution < 1.29 is 9.13 Å². The molecule has 9 heteroatoms. The van der Waals surface area contributed by atoms with Crippen LogP contribution in [0.15, 0.2) is 23.1 Å². The van der Waals surface area contributed by atoms with Crippen molar-refractivity contribution in [1.82, 2.24) is 9.78 Å². The molecule has 0 amide bonds. The minimum Gasteiger partial charge on any atom is -0.370 e. The summed E-state index contributed by atoms with van der Waals surface area (Å²) in [5, 5.41) is 4.35. The molecule has 128 valence electrons. The second-order valence-electron chi connectivity index (χ2n) is 5.37. The lowest BCUT2D eigenvalue weighted by molar-refractivity contribution is 0.0396. The molecule has 3 rings (SSSR count). The lowest BCUT2D eigenvalue weighted by Crippen LogP contribution is -2.39. The number of ether oxygens (including phenoxy) is 1. The monoisotopic (exact) mass is 391 g/mol. The van der Waals surface area contributed by atoms with Crippen LogP contribution in [0.3, 0.4) is 0 Å². The molecule has 1 aromatic carbocycles. The van der Waals surface area contributed by atoms with Gasteiger partial charge in [-0.1, -0.05) is 34.8 Å². The number of aromatic nitrogens is 2. The number of nitrogens with zero attached hydrogens (tertiary/aromatic N) is 3. The SMILES string of the molecule is Cn1ncc(N2CCOC(c3cc(F)c(Cl)cc3Cl)C2)c(Cl)c1=O. The Kier molecular flexibility index (Phi) is 5.01. The third-order valence-corrected chi connectivity index (χ3v) is 4.83. The van der Waals surface area contributed by atoms with Crippen molar-refractivity contribution in [1.29, 1.82) is 0 Å². The molecule has 0 saturated carbocycles. The van der Waals surface area contributed by atoms with E-state index < -0.39 is 11.9 Å². The van der Waals surface area contributed by atoms with Gasteiger partial charge >= 0.3 is 0 Å².